The third kappa shape index (κ3) is 3.25. The Kier molecular flexibility index (Phi) is 4.28. The Bertz CT molecular complexity index is 1040. The predicted molar refractivity (Wildman–Crippen MR) is 97.4 cm³/mol. The Labute approximate surface area is 152 Å². The van der Waals surface area contributed by atoms with E-state index in [9.17, 15) is 9.18 Å². The van der Waals surface area contributed by atoms with Crippen molar-refractivity contribution in [2.45, 2.75) is 0 Å². The average Bonchev–Trinajstić information content (AvgIpc) is 3.32. The molecule has 128 valence electrons. The second-order valence-corrected chi connectivity index (χ2v) is 6.33. The van der Waals surface area contributed by atoms with Crippen molar-refractivity contribution >= 4 is 22.9 Å². The maximum absolute atomic E-state index is 13.0. The van der Waals surface area contributed by atoms with E-state index in [1.807, 2.05) is 35.7 Å². The van der Waals surface area contributed by atoms with Crippen molar-refractivity contribution in [1.29, 1.82) is 0 Å². The first-order valence-electron chi connectivity index (χ1n) is 7.74. The monoisotopic (exact) mass is 365 g/mol. The molecule has 26 heavy (non-hydrogen) atoms. The molecule has 4 aromatic rings. The minimum absolute atomic E-state index is 0.327. The Hall–Kier alpha value is -3.32. The predicted octanol–water partition coefficient (Wildman–Crippen LogP) is 4.86. The first-order chi connectivity index (χ1) is 12.7. The van der Waals surface area contributed by atoms with Crippen LogP contribution in [0.1, 0.15) is 10.4 Å². The number of hydrogen-bond donors (Lipinski definition) is 1. The topological polar surface area (TPSA) is 68.0 Å². The summed E-state index contributed by atoms with van der Waals surface area (Å²) >= 11 is 1.38. The van der Waals surface area contributed by atoms with E-state index in [4.69, 9.17) is 4.52 Å². The van der Waals surface area contributed by atoms with E-state index in [1.165, 1.54) is 35.6 Å². The van der Waals surface area contributed by atoms with Crippen molar-refractivity contribution in [2.75, 3.05) is 5.32 Å². The molecule has 2 aromatic heterocycles. The van der Waals surface area contributed by atoms with Gasteiger partial charge in [-0.25, -0.2) is 4.39 Å². The molecule has 0 aliphatic heterocycles. The lowest BCUT2D eigenvalue weighted by Crippen LogP contribution is -2.11. The van der Waals surface area contributed by atoms with Crippen LogP contribution in [0.2, 0.25) is 0 Å². The molecule has 2 aromatic carbocycles. The summed E-state index contributed by atoms with van der Waals surface area (Å²) in [7, 11) is 0. The molecule has 0 spiro atoms. The van der Waals surface area contributed by atoms with Crippen LogP contribution >= 0.6 is 11.3 Å². The lowest BCUT2D eigenvalue weighted by molar-refractivity contribution is 0.102. The fourth-order valence-electron chi connectivity index (χ4n) is 2.39. The summed E-state index contributed by atoms with van der Waals surface area (Å²) in [5.74, 6) is 0.0718. The normalized spacial score (nSPS) is 10.7. The molecule has 7 heteroatoms. The Morgan fingerprint density at radius 3 is 2.58 bits per heavy atom. The SMILES string of the molecule is O=C(Nc1ccsc1-c1nc(-c2ccccc2)no1)c1ccc(F)cc1. The van der Waals surface area contributed by atoms with Crippen molar-refractivity contribution < 1.29 is 13.7 Å². The van der Waals surface area contributed by atoms with Crippen molar-refractivity contribution in [3.8, 4) is 22.2 Å². The van der Waals surface area contributed by atoms with Crippen LogP contribution in [0.3, 0.4) is 0 Å². The highest BCUT2D eigenvalue weighted by atomic mass is 32.1. The van der Waals surface area contributed by atoms with Gasteiger partial charge in [0.1, 0.15) is 10.7 Å². The van der Waals surface area contributed by atoms with E-state index < -0.39 is 5.82 Å². The molecule has 0 aliphatic carbocycles. The molecule has 0 unspecified atom stereocenters. The number of carbonyl (C=O) groups excluding carboxylic acids is 1. The average molecular weight is 365 g/mol. The van der Waals surface area contributed by atoms with Gasteiger partial charge in [-0.15, -0.1) is 11.3 Å². The van der Waals surface area contributed by atoms with Crippen molar-refractivity contribution in [3.63, 3.8) is 0 Å². The number of rotatable bonds is 4. The summed E-state index contributed by atoms with van der Waals surface area (Å²) < 4.78 is 18.4. The van der Waals surface area contributed by atoms with E-state index in [0.717, 1.165) is 5.56 Å². The molecule has 0 atom stereocenters. The van der Waals surface area contributed by atoms with Crippen LogP contribution in [0.25, 0.3) is 22.2 Å². The van der Waals surface area contributed by atoms with E-state index >= 15 is 0 Å². The molecular weight excluding hydrogens is 353 g/mol. The fraction of sp³-hybridized carbons (Fsp3) is 0. The summed E-state index contributed by atoms with van der Waals surface area (Å²) in [5, 5.41) is 8.61. The molecule has 0 fully saturated rings. The van der Waals surface area contributed by atoms with E-state index in [0.29, 0.717) is 27.8 Å². The van der Waals surface area contributed by atoms with E-state index in [-0.39, 0.29) is 5.91 Å². The molecule has 0 aliphatic rings. The smallest absolute Gasteiger partial charge is 0.270 e. The van der Waals surface area contributed by atoms with Crippen molar-refractivity contribution in [3.05, 3.63) is 77.4 Å². The number of benzene rings is 2. The zero-order valence-electron chi connectivity index (χ0n) is 13.3. The van der Waals surface area contributed by atoms with Crippen molar-refractivity contribution in [1.82, 2.24) is 10.1 Å². The Morgan fingerprint density at radius 2 is 1.81 bits per heavy atom. The third-order valence-electron chi connectivity index (χ3n) is 3.67. The van der Waals surface area contributed by atoms with Gasteiger partial charge in [-0.3, -0.25) is 4.79 Å². The van der Waals surface area contributed by atoms with Gasteiger partial charge in [-0.2, -0.15) is 4.98 Å². The summed E-state index contributed by atoms with van der Waals surface area (Å²) in [6.45, 7) is 0. The Morgan fingerprint density at radius 1 is 1.04 bits per heavy atom. The van der Waals surface area contributed by atoms with Crippen LogP contribution in [0.5, 0.6) is 0 Å². The van der Waals surface area contributed by atoms with Gasteiger partial charge in [0, 0.05) is 11.1 Å². The second kappa shape index (κ2) is 6.89. The number of hydrogen-bond acceptors (Lipinski definition) is 5. The molecular formula is C19H12FN3O2S. The molecule has 2 heterocycles. The van der Waals surface area contributed by atoms with Gasteiger partial charge in [0.15, 0.2) is 0 Å². The summed E-state index contributed by atoms with van der Waals surface area (Å²) in [6.07, 6.45) is 0. The summed E-state index contributed by atoms with van der Waals surface area (Å²) in [4.78, 5) is 17.4. The highest BCUT2D eigenvalue weighted by Gasteiger charge is 2.17. The largest absolute Gasteiger partial charge is 0.333 e. The quantitative estimate of drug-likeness (QED) is 0.561. The zero-order chi connectivity index (χ0) is 17.9. The van der Waals surface area contributed by atoms with Gasteiger partial charge in [0.05, 0.1) is 5.69 Å². The minimum Gasteiger partial charge on any atom is -0.333 e. The standard InChI is InChI=1S/C19H12FN3O2S/c20-14-8-6-13(7-9-14)18(24)21-15-10-11-26-16(15)19-22-17(23-25-19)12-4-2-1-3-5-12/h1-11H,(H,21,24). The molecule has 0 radical (unpaired) electrons. The van der Waals surface area contributed by atoms with Gasteiger partial charge < -0.3 is 9.84 Å². The fourth-order valence-corrected chi connectivity index (χ4v) is 3.16. The van der Waals surface area contributed by atoms with Crippen LogP contribution in [-0.4, -0.2) is 16.0 Å². The molecule has 4 rings (SSSR count). The minimum atomic E-state index is -0.392. The van der Waals surface area contributed by atoms with Crippen molar-refractivity contribution in [2.24, 2.45) is 0 Å². The number of thiophene rings is 1. The maximum Gasteiger partial charge on any atom is 0.270 e. The highest BCUT2D eigenvalue weighted by Crippen LogP contribution is 2.34. The number of amides is 1. The number of nitrogens with zero attached hydrogens (tertiary/aromatic N) is 2. The first-order valence-corrected chi connectivity index (χ1v) is 8.62. The third-order valence-corrected chi connectivity index (χ3v) is 4.57. The first kappa shape index (κ1) is 16.2. The van der Waals surface area contributed by atoms with E-state index in [1.54, 1.807) is 6.07 Å². The second-order valence-electron chi connectivity index (χ2n) is 5.41. The number of aromatic nitrogens is 2. The molecule has 0 bridgehead atoms. The molecule has 5 nitrogen and oxygen atoms in total. The number of nitrogens with one attached hydrogen (secondary N) is 1. The van der Waals surface area contributed by atoms with Gasteiger partial charge >= 0.3 is 0 Å². The highest BCUT2D eigenvalue weighted by molar-refractivity contribution is 7.14. The zero-order valence-corrected chi connectivity index (χ0v) is 14.2. The van der Waals surface area contributed by atoms with Crippen LogP contribution < -0.4 is 5.32 Å². The summed E-state index contributed by atoms with van der Waals surface area (Å²) in [6, 6.07) is 16.6. The number of halogens is 1. The van der Waals surface area contributed by atoms with Gasteiger partial charge in [0.2, 0.25) is 5.82 Å². The van der Waals surface area contributed by atoms with Crippen LogP contribution in [0.15, 0.2) is 70.6 Å². The van der Waals surface area contributed by atoms with Gasteiger partial charge in [0.25, 0.3) is 11.8 Å². The lowest BCUT2D eigenvalue weighted by Gasteiger charge is -2.04. The maximum atomic E-state index is 13.0. The van der Waals surface area contributed by atoms with Gasteiger partial charge in [-0.1, -0.05) is 35.5 Å². The molecule has 1 amide bonds. The molecule has 0 saturated heterocycles. The molecule has 0 saturated carbocycles. The van der Waals surface area contributed by atoms with Crippen LogP contribution in [0, 0.1) is 5.82 Å². The Balaban J connectivity index is 1.58. The molecule has 1 N–H and O–H groups in total. The number of carbonyl (C=O) groups is 1. The van der Waals surface area contributed by atoms with Crippen LogP contribution in [-0.2, 0) is 0 Å². The van der Waals surface area contributed by atoms with E-state index in [2.05, 4.69) is 15.5 Å². The summed E-state index contributed by atoms with van der Waals surface area (Å²) in [5.41, 5.74) is 1.77. The van der Waals surface area contributed by atoms with Crippen LogP contribution in [0.4, 0.5) is 10.1 Å². The van der Waals surface area contributed by atoms with Gasteiger partial charge in [-0.05, 0) is 35.7 Å². The number of anilines is 1. The lowest BCUT2D eigenvalue weighted by atomic mass is 10.2.